The van der Waals surface area contributed by atoms with Crippen LogP contribution >= 0.6 is 23.4 Å². The van der Waals surface area contributed by atoms with Gasteiger partial charge in [0.1, 0.15) is 5.75 Å². The van der Waals surface area contributed by atoms with E-state index >= 15 is 0 Å². The Hall–Kier alpha value is -1.98. The number of ether oxygens (including phenoxy) is 1. The van der Waals surface area contributed by atoms with Crippen LogP contribution in [0, 0.1) is 0 Å². The molecular formula is C18H16ClNO3S. The zero-order chi connectivity index (χ0) is 17.1. The van der Waals surface area contributed by atoms with Crippen LogP contribution in [-0.2, 0) is 17.8 Å². The van der Waals surface area contributed by atoms with Gasteiger partial charge in [-0.15, -0.1) is 0 Å². The largest absolute Gasteiger partial charge is 0.497 e. The van der Waals surface area contributed by atoms with Gasteiger partial charge in [0.05, 0.1) is 18.9 Å². The standard InChI is InChI=1S/C18H16ClNO3S/c1-23-14-8-6-12(7-9-14)10-16-17(21)20(18(22)24-16)11-13-4-2-3-5-15(13)19/h2-9,16H,10-11H2,1H3/t16-/m1/s1. The van der Waals surface area contributed by atoms with Crippen molar-refractivity contribution in [2.75, 3.05) is 7.11 Å². The first-order valence-corrected chi connectivity index (χ1v) is 8.72. The summed E-state index contributed by atoms with van der Waals surface area (Å²) >= 11 is 7.20. The third-order valence-corrected chi connectivity index (χ3v) is 5.31. The first kappa shape index (κ1) is 16.9. The molecule has 0 N–H and O–H groups in total. The molecule has 2 aromatic carbocycles. The third kappa shape index (κ3) is 3.57. The summed E-state index contributed by atoms with van der Waals surface area (Å²) < 4.78 is 5.12. The van der Waals surface area contributed by atoms with Crippen molar-refractivity contribution in [2.24, 2.45) is 0 Å². The molecule has 0 aliphatic carbocycles. The molecule has 1 atom stereocenters. The minimum atomic E-state index is -0.395. The summed E-state index contributed by atoms with van der Waals surface area (Å²) in [6.07, 6.45) is 0.512. The lowest BCUT2D eigenvalue weighted by Crippen LogP contribution is -2.31. The van der Waals surface area contributed by atoms with Crippen molar-refractivity contribution in [1.29, 1.82) is 0 Å². The maximum absolute atomic E-state index is 12.6. The fraction of sp³-hybridized carbons (Fsp3) is 0.222. The van der Waals surface area contributed by atoms with E-state index in [0.29, 0.717) is 11.4 Å². The number of carbonyl (C=O) groups is 2. The number of benzene rings is 2. The maximum Gasteiger partial charge on any atom is 0.289 e. The summed E-state index contributed by atoms with van der Waals surface area (Å²) in [6.45, 7) is 0.212. The van der Waals surface area contributed by atoms with Gasteiger partial charge in [-0.25, -0.2) is 0 Å². The van der Waals surface area contributed by atoms with Gasteiger partial charge in [0.2, 0.25) is 5.91 Å². The van der Waals surface area contributed by atoms with Gasteiger partial charge < -0.3 is 4.74 Å². The summed E-state index contributed by atoms with van der Waals surface area (Å²) in [7, 11) is 1.61. The lowest BCUT2D eigenvalue weighted by atomic mass is 10.1. The van der Waals surface area contributed by atoms with Crippen molar-refractivity contribution in [3.05, 3.63) is 64.7 Å². The van der Waals surface area contributed by atoms with Crippen molar-refractivity contribution in [3.63, 3.8) is 0 Å². The Kier molecular flexibility index (Phi) is 5.11. The van der Waals surface area contributed by atoms with Crippen molar-refractivity contribution in [2.45, 2.75) is 18.2 Å². The molecule has 1 heterocycles. The van der Waals surface area contributed by atoms with E-state index in [0.717, 1.165) is 28.6 Å². The fourth-order valence-corrected chi connectivity index (χ4v) is 3.77. The maximum atomic E-state index is 12.6. The highest BCUT2D eigenvalue weighted by atomic mass is 35.5. The van der Waals surface area contributed by atoms with Crippen molar-refractivity contribution in [1.82, 2.24) is 4.90 Å². The molecule has 1 fully saturated rings. The normalized spacial score (nSPS) is 17.4. The van der Waals surface area contributed by atoms with Gasteiger partial charge in [-0.3, -0.25) is 14.5 Å². The molecule has 0 aromatic heterocycles. The minimum absolute atomic E-state index is 0.166. The summed E-state index contributed by atoms with van der Waals surface area (Å²) in [4.78, 5) is 26.1. The topological polar surface area (TPSA) is 46.6 Å². The average molecular weight is 362 g/mol. The number of hydrogen-bond acceptors (Lipinski definition) is 4. The van der Waals surface area contributed by atoms with Crippen LogP contribution in [0.25, 0.3) is 0 Å². The molecule has 24 heavy (non-hydrogen) atoms. The van der Waals surface area contributed by atoms with E-state index in [-0.39, 0.29) is 17.7 Å². The van der Waals surface area contributed by atoms with Gasteiger partial charge in [-0.1, -0.05) is 53.7 Å². The number of hydrogen-bond donors (Lipinski definition) is 0. The van der Waals surface area contributed by atoms with Gasteiger partial charge in [-0.2, -0.15) is 0 Å². The van der Waals surface area contributed by atoms with E-state index in [9.17, 15) is 9.59 Å². The van der Waals surface area contributed by atoms with Gasteiger partial charge >= 0.3 is 0 Å². The van der Waals surface area contributed by atoms with Gasteiger partial charge in [0.25, 0.3) is 5.24 Å². The molecule has 3 rings (SSSR count). The number of amides is 2. The lowest BCUT2D eigenvalue weighted by Gasteiger charge is -2.15. The van der Waals surface area contributed by atoms with Gasteiger partial charge in [-0.05, 0) is 35.7 Å². The molecule has 1 aliphatic rings. The van der Waals surface area contributed by atoms with E-state index in [1.54, 1.807) is 13.2 Å². The average Bonchev–Trinajstić information content (AvgIpc) is 2.85. The minimum Gasteiger partial charge on any atom is -0.497 e. The van der Waals surface area contributed by atoms with Crippen LogP contribution in [0.3, 0.4) is 0 Å². The predicted molar refractivity (Wildman–Crippen MR) is 95.5 cm³/mol. The Morgan fingerprint density at radius 3 is 2.50 bits per heavy atom. The summed E-state index contributed by atoms with van der Waals surface area (Å²) in [5.41, 5.74) is 1.76. The summed E-state index contributed by atoms with van der Waals surface area (Å²) in [5.74, 6) is 0.598. The second-order valence-electron chi connectivity index (χ2n) is 5.44. The van der Waals surface area contributed by atoms with Crippen LogP contribution < -0.4 is 4.74 Å². The van der Waals surface area contributed by atoms with Crippen molar-refractivity contribution in [3.8, 4) is 5.75 Å². The molecule has 2 aromatic rings. The molecule has 4 nitrogen and oxygen atoms in total. The second-order valence-corrected chi connectivity index (χ2v) is 7.00. The molecule has 124 valence electrons. The molecule has 0 bridgehead atoms. The number of thioether (sulfide) groups is 1. The van der Waals surface area contributed by atoms with E-state index in [1.165, 1.54) is 4.90 Å². The zero-order valence-electron chi connectivity index (χ0n) is 13.1. The molecule has 0 spiro atoms. The molecule has 1 aliphatic heterocycles. The van der Waals surface area contributed by atoms with E-state index < -0.39 is 5.25 Å². The Labute approximate surface area is 149 Å². The molecule has 6 heteroatoms. The lowest BCUT2D eigenvalue weighted by molar-refractivity contribution is -0.127. The second kappa shape index (κ2) is 7.28. The number of methoxy groups -OCH3 is 1. The van der Waals surface area contributed by atoms with Crippen LogP contribution in [0.4, 0.5) is 4.79 Å². The molecule has 0 saturated carbocycles. The quantitative estimate of drug-likeness (QED) is 0.802. The highest BCUT2D eigenvalue weighted by molar-refractivity contribution is 8.15. The SMILES string of the molecule is COc1ccc(C[C@H]2SC(=O)N(Cc3ccccc3Cl)C2=O)cc1. The Balaban J connectivity index is 1.70. The number of halogens is 1. The van der Waals surface area contributed by atoms with E-state index in [1.807, 2.05) is 42.5 Å². The Morgan fingerprint density at radius 2 is 1.83 bits per heavy atom. The smallest absolute Gasteiger partial charge is 0.289 e. The number of nitrogens with zero attached hydrogens (tertiary/aromatic N) is 1. The summed E-state index contributed by atoms with van der Waals surface area (Å²) in [5, 5.41) is -0.0616. The molecular weight excluding hydrogens is 346 g/mol. The Morgan fingerprint density at radius 1 is 1.12 bits per heavy atom. The van der Waals surface area contributed by atoms with Crippen LogP contribution in [0.15, 0.2) is 48.5 Å². The monoisotopic (exact) mass is 361 g/mol. The van der Waals surface area contributed by atoms with Crippen LogP contribution in [-0.4, -0.2) is 28.4 Å². The third-order valence-electron chi connectivity index (χ3n) is 3.87. The fourth-order valence-electron chi connectivity index (χ4n) is 2.54. The highest BCUT2D eigenvalue weighted by Gasteiger charge is 2.39. The van der Waals surface area contributed by atoms with E-state index in [4.69, 9.17) is 16.3 Å². The van der Waals surface area contributed by atoms with Crippen molar-refractivity contribution >= 4 is 34.5 Å². The first-order valence-electron chi connectivity index (χ1n) is 7.47. The van der Waals surface area contributed by atoms with Gasteiger partial charge in [0.15, 0.2) is 0 Å². The predicted octanol–water partition coefficient (Wildman–Crippen LogP) is 4.16. The molecule has 0 unspecified atom stereocenters. The van der Waals surface area contributed by atoms with Crippen LogP contribution in [0.5, 0.6) is 5.75 Å². The Bertz CT molecular complexity index is 763. The van der Waals surface area contributed by atoms with Crippen LogP contribution in [0.2, 0.25) is 5.02 Å². The number of rotatable bonds is 5. The van der Waals surface area contributed by atoms with Gasteiger partial charge in [0, 0.05) is 5.02 Å². The number of imide groups is 1. The highest BCUT2D eigenvalue weighted by Crippen LogP contribution is 2.32. The molecule has 1 saturated heterocycles. The van der Waals surface area contributed by atoms with E-state index in [2.05, 4.69) is 0 Å². The summed E-state index contributed by atoms with van der Waals surface area (Å²) in [6, 6.07) is 14.8. The van der Waals surface area contributed by atoms with Crippen LogP contribution in [0.1, 0.15) is 11.1 Å². The molecule has 2 amide bonds. The number of carbonyl (C=O) groups excluding carboxylic acids is 2. The molecule has 0 radical (unpaired) electrons. The zero-order valence-corrected chi connectivity index (χ0v) is 14.6. The van der Waals surface area contributed by atoms with Crippen molar-refractivity contribution < 1.29 is 14.3 Å². The first-order chi connectivity index (χ1) is 11.6.